The number of rotatable bonds is 18. The molecule has 12 nitrogen and oxygen atoms in total. The fourth-order valence-electron chi connectivity index (χ4n) is 4.47. The molecule has 0 aliphatic carbocycles. The first-order valence-electron chi connectivity index (χ1n) is 15.2. The molecule has 0 radical (unpaired) electrons. The van der Waals surface area contributed by atoms with Crippen molar-refractivity contribution in [2.45, 2.75) is 57.3 Å². The number of ether oxygens (including phenoxy) is 1. The van der Waals surface area contributed by atoms with Gasteiger partial charge in [-0.25, -0.2) is 4.79 Å². The standard InChI is InChI=1S/C34H42N6O6/c1-40(27-17-9-4-10-18-27)39-30(41)21-20-29(38-34(45)46-24-26-15-7-3-8-16-26)32(43)37-28(19-11-12-22-35)31(42)33(44)36-23-25-13-5-2-6-14-25/h2-10,13-18,28-29H,11-12,19-24,35H2,1H3,(H,36,44)(H,37,43)(H,38,45)(H,39,41)/t28-,29-/m0/s1. The predicted molar refractivity (Wildman–Crippen MR) is 174 cm³/mol. The third-order valence-electron chi connectivity index (χ3n) is 7.02. The van der Waals surface area contributed by atoms with E-state index in [0.717, 1.165) is 16.8 Å². The summed E-state index contributed by atoms with van der Waals surface area (Å²) in [5.74, 6) is -2.81. The van der Waals surface area contributed by atoms with Gasteiger partial charge in [-0.05, 0) is 55.5 Å². The van der Waals surface area contributed by atoms with E-state index in [0.29, 0.717) is 19.4 Å². The number of ketones is 1. The van der Waals surface area contributed by atoms with Crippen molar-refractivity contribution in [3.8, 4) is 0 Å². The van der Waals surface area contributed by atoms with Gasteiger partial charge in [-0.3, -0.25) is 29.6 Å². The molecule has 0 aromatic heterocycles. The summed E-state index contributed by atoms with van der Waals surface area (Å²) in [6.45, 7) is 0.475. The number of anilines is 1. The van der Waals surface area contributed by atoms with Crippen LogP contribution in [0.2, 0.25) is 0 Å². The summed E-state index contributed by atoms with van der Waals surface area (Å²) in [5, 5.41) is 9.28. The third-order valence-corrected chi connectivity index (χ3v) is 7.02. The van der Waals surface area contributed by atoms with Crippen LogP contribution in [0.4, 0.5) is 10.5 Å². The molecule has 0 heterocycles. The van der Waals surface area contributed by atoms with Gasteiger partial charge >= 0.3 is 6.09 Å². The molecular formula is C34H42N6O6. The minimum absolute atomic E-state index is 0.0366. The van der Waals surface area contributed by atoms with Gasteiger partial charge in [0.1, 0.15) is 12.6 Å². The molecule has 46 heavy (non-hydrogen) atoms. The van der Waals surface area contributed by atoms with E-state index in [1.54, 1.807) is 36.3 Å². The minimum atomic E-state index is -1.24. The summed E-state index contributed by atoms with van der Waals surface area (Å²) in [4.78, 5) is 65.0. The monoisotopic (exact) mass is 630 g/mol. The van der Waals surface area contributed by atoms with Crippen LogP contribution >= 0.6 is 0 Å². The first-order chi connectivity index (χ1) is 22.3. The first-order valence-corrected chi connectivity index (χ1v) is 15.2. The Labute approximate surface area is 269 Å². The van der Waals surface area contributed by atoms with Crippen LogP contribution in [-0.2, 0) is 37.1 Å². The lowest BCUT2D eigenvalue weighted by Gasteiger charge is -2.23. The maximum Gasteiger partial charge on any atom is 0.408 e. The highest BCUT2D eigenvalue weighted by Gasteiger charge is 2.30. The molecule has 12 heteroatoms. The number of unbranched alkanes of at least 4 members (excludes halogenated alkanes) is 1. The van der Waals surface area contributed by atoms with Gasteiger partial charge in [-0.2, -0.15) is 0 Å². The van der Waals surface area contributed by atoms with E-state index in [9.17, 15) is 24.0 Å². The number of amides is 4. The molecule has 3 rings (SSSR count). The summed E-state index contributed by atoms with van der Waals surface area (Å²) in [5.41, 5.74) is 10.6. The number of para-hydroxylation sites is 1. The average Bonchev–Trinajstić information content (AvgIpc) is 3.08. The number of hydrogen-bond acceptors (Lipinski definition) is 8. The zero-order valence-corrected chi connectivity index (χ0v) is 25.9. The lowest BCUT2D eigenvalue weighted by Crippen LogP contribution is -2.54. The molecule has 3 aromatic carbocycles. The van der Waals surface area contributed by atoms with Crippen molar-refractivity contribution in [1.29, 1.82) is 0 Å². The van der Waals surface area contributed by atoms with Crippen LogP contribution in [0.3, 0.4) is 0 Å². The number of hydrazine groups is 1. The molecule has 0 bridgehead atoms. The molecule has 0 aliphatic heterocycles. The summed E-state index contributed by atoms with van der Waals surface area (Å²) >= 11 is 0. The van der Waals surface area contributed by atoms with Crippen LogP contribution in [0.1, 0.15) is 43.2 Å². The number of carbonyl (C=O) groups is 5. The van der Waals surface area contributed by atoms with Crippen LogP contribution in [0.15, 0.2) is 91.0 Å². The van der Waals surface area contributed by atoms with E-state index in [1.807, 2.05) is 66.7 Å². The zero-order valence-electron chi connectivity index (χ0n) is 25.9. The van der Waals surface area contributed by atoms with E-state index < -0.39 is 41.7 Å². The van der Waals surface area contributed by atoms with E-state index in [4.69, 9.17) is 10.5 Å². The van der Waals surface area contributed by atoms with E-state index >= 15 is 0 Å². The number of nitrogens with one attached hydrogen (secondary N) is 4. The SMILES string of the molecule is CN(NC(=O)CC[C@H](NC(=O)OCc1ccccc1)C(=O)N[C@@H](CCCCN)C(=O)C(=O)NCc1ccccc1)c1ccccc1. The van der Waals surface area contributed by atoms with Crippen LogP contribution in [0.5, 0.6) is 0 Å². The van der Waals surface area contributed by atoms with Crippen molar-refractivity contribution in [2.24, 2.45) is 5.73 Å². The lowest BCUT2D eigenvalue weighted by molar-refractivity contribution is -0.140. The predicted octanol–water partition coefficient (Wildman–Crippen LogP) is 2.73. The van der Waals surface area contributed by atoms with E-state index in [-0.39, 0.29) is 32.4 Å². The Morgan fingerprint density at radius 2 is 1.37 bits per heavy atom. The Bertz CT molecular complexity index is 1410. The zero-order chi connectivity index (χ0) is 33.1. The first kappa shape index (κ1) is 35.3. The number of hydrogen-bond donors (Lipinski definition) is 5. The minimum Gasteiger partial charge on any atom is -0.445 e. The molecule has 4 amide bonds. The summed E-state index contributed by atoms with van der Waals surface area (Å²) in [6, 6.07) is 24.8. The fraction of sp³-hybridized carbons (Fsp3) is 0.324. The maximum absolute atomic E-state index is 13.5. The number of Topliss-reactive ketones (excluding diaryl/α,β-unsaturated/α-hetero) is 1. The van der Waals surface area contributed by atoms with Crippen LogP contribution in [0.25, 0.3) is 0 Å². The Balaban J connectivity index is 1.68. The van der Waals surface area contributed by atoms with Gasteiger partial charge in [0, 0.05) is 20.0 Å². The molecule has 0 unspecified atom stereocenters. The van der Waals surface area contributed by atoms with Crippen LogP contribution in [-0.4, -0.2) is 55.3 Å². The highest BCUT2D eigenvalue weighted by molar-refractivity contribution is 6.38. The number of carbonyl (C=O) groups excluding carboxylic acids is 5. The van der Waals surface area contributed by atoms with Crippen molar-refractivity contribution >= 4 is 35.3 Å². The van der Waals surface area contributed by atoms with E-state index in [1.165, 1.54) is 0 Å². The molecule has 6 N–H and O–H groups in total. The average molecular weight is 631 g/mol. The van der Waals surface area contributed by atoms with Crippen molar-refractivity contribution < 1.29 is 28.7 Å². The van der Waals surface area contributed by atoms with Crippen molar-refractivity contribution in [3.05, 3.63) is 102 Å². The van der Waals surface area contributed by atoms with Gasteiger partial charge in [-0.1, -0.05) is 78.9 Å². The summed E-state index contributed by atoms with van der Waals surface area (Å²) < 4.78 is 5.30. The second-order valence-corrected chi connectivity index (χ2v) is 10.6. The number of nitrogens with zero attached hydrogens (tertiary/aromatic N) is 1. The third kappa shape index (κ3) is 12.4. The quantitative estimate of drug-likeness (QED) is 0.0811. The number of alkyl carbamates (subject to hydrolysis) is 1. The second kappa shape index (κ2) is 19.2. The Morgan fingerprint density at radius 1 is 0.761 bits per heavy atom. The van der Waals surface area contributed by atoms with Gasteiger partial charge in [0.05, 0.1) is 11.7 Å². The van der Waals surface area contributed by atoms with Gasteiger partial charge < -0.3 is 26.4 Å². The number of benzene rings is 3. The van der Waals surface area contributed by atoms with Crippen LogP contribution < -0.4 is 32.1 Å². The lowest BCUT2D eigenvalue weighted by atomic mass is 10.0. The fourth-order valence-corrected chi connectivity index (χ4v) is 4.47. The maximum atomic E-state index is 13.5. The molecule has 0 aliphatic rings. The topological polar surface area (TPSA) is 172 Å². The van der Waals surface area contributed by atoms with Gasteiger partial charge in [-0.15, -0.1) is 0 Å². The Kier molecular flexibility index (Phi) is 14.7. The molecule has 2 atom stereocenters. The number of nitrogens with two attached hydrogens (primary N) is 1. The summed E-state index contributed by atoms with van der Waals surface area (Å²) in [7, 11) is 1.68. The molecule has 0 saturated heterocycles. The highest BCUT2D eigenvalue weighted by atomic mass is 16.5. The smallest absolute Gasteiger partial charge is 0.408 e. The van der Waals surface area contributed by atoms with Gasteiger partial charge in [0.2, 0.25) is 17.6 Å². The molecule has 244 valence electrons. The molecule has 0 fully saturated rings. The normalized spacial score (nSPS) is 11.8. The van der Waals surface area contributed by atoms with Crippen molar-refractivity contribution in [3.63, 3.8) is 0 Å². The van der Waals surface area contributed by atoms with Crippen molar-refractivity contribution in [2.75, 3.05) is 18.6 Å². The Morgan fingerprint density at radius 3 is 2.00 bits per heavy atom. The van der Waals surface area contributed by atoms with Gasteiger partial charge in [0.15, 0.2) is 0 Å². The molecule has 0 saturated carbocycles. The molecule has 0 spiro atoms. The second-order valence-electron chi connectivity index (χ2n) is 10.6. The largest absolute Gasteiger partial charge is 0.445 e. The van der Waals surface area contributed by atoms with Crippen LogP contribution in [0, 0.1) is 0 Å². The Hall–Kier alpha value is -5.23. The van der Waals surface area contributed by atoms with E-state index in [2.05, 4.69) is 21.4 Å². The molecule has 3 aromatic rings. The highest BCUT2D eigenvalue weighted by Crippen LogP contribution is 2.10. The van der Waals surface area contributed by atoms with Crippen molar-refractivity contribution in [1.82, 2.24) is 21.4 Å². The van der Waals surface area contributed by atoms with Gasteiger partial charge in [0.25, 0.3) is 5.91 Å². The summed E-state index contributed by atoms with van der Waals surface area (Å²) in [6.07, 6.45) is 0.0896. The molecular weight excluding hydrogens is 588 g/mol.